The number of allylic oxidation sites excluding steroid dienone is 15. The molecule has 0 aromatic rings. The largest absolute Gasteiger partial charge is 0.0991 e. The quantitative estimate of drug-likeness (QED) is 0.430. The summed E-state index contributed by atoms with van der Waals surface area (Å²) in [6.07, 6.45) is 27.9. The number of hydrogen-bond donors (Lipinski definition) is 0. The maximum atomic E-state index is 3.46. The normalized spacial score (nSPS) is 8.65. The summed E-state index contributed by atoms with van der Waals surface area (Å²) in [6.45, 7) is 27.1. The zero-order valence-electron chi connectivity index (χ0n) is 17.2. The van der Waals surface area contributed by atoms with Gasteiger partial charge in [0.25, 0.3) is 0 Å². The predicted molar refractivity (Wildman–Crippen MR) is 132 cm³/mol. The Labute approximate surface area is 166 Å². The number of hydrogen-bond acceptors (Lipinski definition) is 0. The van der Waals surface area contributed by atoms with E-state index in [-0.39, 0.29) is 7.43 Å². The van der Waals surface area contributed by atoms with E-state index in [1.807, 2.05) is 95.4 Å². The van der Waals surface area contributed by atoms with Gasteiger partial charge in [-0.25, -0.2) is 0 Å². The molecule has 0 fully saturated rings. The van der Waals surface area contributed by atoms with E-state index in [1.165, 1.54) is 0 Å². The van der Waals surface area contributed by atoms with Gasteiger partial charge in [0.05, 0.1) is 0 Å². The van der Waals surface area contributed by atoms with Crippen LogP contribution in [0.1, 0.15) is 42.0 Å². The fraction of sp³-hybridized carbons (Fsp3) is 0.231. The summed E-state index contributed by atoms with van der Waals surface area (Å²) >= 11 is 0. The van der Waals surface area contributed by atoms with E-state index in [0.29, 0.717) is 0 Å². The molecule has 0 rings (SSSR count). The first-order chi connectivity index (χ1) is 12.1. The van der Waals surface area contributed by atoms with Gasteiger partial charge in [-0.2, -0.15) is 0 Å². The molecule has 0 aromatic carbocycles. The van der Waals surface area contributed by atoms with Crippen molar-refractivity contribution in [2.24, 2.45) is 0 Å². The maximum absolute atomic E-state index is 3.46. The van der Waals surface area contributed by atoms with Crippen molar-refractivity contribution in [3.63, 3.8) is 0 Å². The Morgan fingerprint density at radius 2 is 0.462 bits per heavy atom. The van der Waals surface area contributed by atoms with Gasteiger partial charge in [0.2, 0.25) is 0 Å². The van der Waals surface area contributed by atoms with E-state index in [9.17, 15) is 0 Å². The molecule has 0 spiro atoms. The Balaban J connectivity index is -0.0000000476. The van der Waals surface area contributed by atoms with E-state index < -0.39 is 0 Å². The van der Waals surface area contributed by atoms with Crippen LogP contribution in [0.3, 0.4) is 0 Å². The molecule has 0 atom stereocenters. The molecule has 26 heavy (non-hydrogen) atoms. The summed E-state index contributed by atoms with van der Waals surface area (Å²) < 4.78 is 0. The van der Waals surface area contributed by atoms with E-state index in [2.05, 4.69) is 32.9 Å². The minimum absolute atomic E-state index is 0. The van der Waals surface area contributed by atoms with E-state index >= 15 is 0 Å². The van der Waals surface area contributed by atoms with Crippen molar-refractivity contribution in [1.29, 1.82) is 0 Å². The number of rotatable bonds is 5. The molecule has 0 bridgehead atoms. The van der Waals surface area contributed by atoms with Gasteiger partial charge < -0.3 is 0 Å². The molecule has 0 heteroatoms. The van der Waals surface area contributed by atoms with Crippen LogP contribution in [0.2, 0.25) is 0 Å². The molecule has 0 unspecified atom stereocenters. The highest BCUT2D eigenvalue weighted by molar-refractivity contribution is 4.96. The van der Waals surface area contributed by atoms with Crippen LogP contribution in [0.15, 0.2) is 124 Å². The molecule has 0 radical (unpaired) electrons. The van der Waals surface area contributed by atoms with Crippen LogP contribution >= 0.6 is 0 Å². The molecule has 0 aliphatic rings. The highest BCUT2D eigenvalue weighted by Crippen LogP contribution is 1.66. The van der Waals surface area contributed by atoms with Gasteiger partial charge in [0.1, 0.15) is 0 Å². The van der Waals surface area contributed by atoms with Crippen molar-refractivity contribution in [1.82, 2.24) is 0 Å². The lowest BCUT2D eigenvalue weighted by molar-refractivity contribution is 1.74. The van der Waals surface area contributed by atoms with Crippen molar-refractivity contribution in [3.8, 4) is 0 Å². The summed E-state index contributed by atoms with van der Waals surface area (Å²) in [6, 6.07) is 0. The minimum atomic E-state index is 0. The highest BCUT2D eigenvalue weighted by atomic mass is 13.5. The molecule has 0 saturated heterocycles. The van der Waals surface area contributed by atoms with E-state index in [1.54, 1.807) is 30.4 Å². The lowest BCUT2D eigenvalue weighted by Crippen LogP contribution is -1.33. The van der Waals surface area contributed by atoms with Crippen molar-refractivity contribution < 1.29 is 0 Å². The van der Waals surface area contributed by atoms with Crippen LogP contribution in [-0.4, -0.2) is 0 Å². The first-order valence-electron chi connectivity index (χ1n) is 8.26. The third kappa shape index (κ3) is 163. The van der Waals surface area contributed by atoms with Gasteiger partial charge >= 0.3 is 0 Å². The van der Waals surface area contributed by atoms with Gasteiger partial charge in [-0.15, -0.1) is 0 Å². The van der Waals surface area contributed by atoms with Crippen molar-refractivity contribution in [2.45, 2.75) is 42.0 Å². The van der Waals surface area contributed by atoms with Gasteiger partial charge in [-0.3, -0.25) is 0 Å². The van der Waals surface area contributed by atoms with Crippen LogP contribution in [0.25, 0.3) is 0 Å². The van der Waals surface area contributed by atoms with Gasteiger partial charge in [0, 0.05) is 0 Å². The predicted octanol–water partition coefficient (Wildman–Crippen LogP) is 9.38. The molecule has 0 aliphatic carbocycles. The summed E-state index contributed by atoms with van der Waals surface area (Å²) in [7, 11) is 0. The van der Waals surface area contributed by atoms with Gasteiger partial charge in [-0.05, 0) is 34.6 Å². The summed E-state index contributed by atoms with van der Waals surface area (Å²) in [5.41, 5.74) is 0. The Morgan fingerprint density at radius 3 is 0.462 bits per heavy atom. The first-order valence-corrected chi connectivity index (χ1v) is 8.26. The lowest BCUT2D eigenvalue weighted by atomic mass is 10.5. The fourth-order valence-corrected chi connectivity index (χ4v) is 0.680. The average molecular weight is 357 g/mol. The Bertz CT molecular complexity index is 303. The third-order valence-electron chi connectivity index (χ3n) is 1.64. The third-order valence-corrected chi connectivity index (χ3v) is 1.64. The minimum Gasteiger partial charge on any atom is -0.0991 e. The zero-order chi connectivity index (χ0) is 20.6. The van der Waals surface area contributed by atoms with E-state index in [4.69, 9.17) is 0 Å². The second-order valence-electron chi connectivity index (χ2n) is 3.81. The Kier molecular flexibility index (Phi) is 99.5. The van der Waals surface area contributed by atoms with Gasteiger partial charge in [-0.1, -0.05) is 131 Å². The molecule has 0 saturated carbocycles. The van der Waals surface area contributed by atoms with Crippen LogP contribution in [0.4, 0.5) is 0 Å². The molecule has 0 aromatic heterocycles. The summed E-state index contributed by atoms with van der Waals surface area (Å²) in [4.78, 5) is 0. The highest BCUT2D eigenvalue weighted by Gasteiger charge is 1.43. The van der Waals surface area contributed by atoms with Crippen LogP contribution in [0, 0.1) is 0 Å². The molecule has 148 valence electrons. The first kappa shape index (κ1) is 38.8. The molecular weight excluding hydrogens is 312 g/mol. The Morgan fingerprint density at radius 1 is 0.346 bits per heavy atom. The molecule has 0 nitrogen and oxygen atoms in total. The molecular formula is C26H44. The molecule has 0 heterocycles. The second kappa shape index (κ2) is 66.7. The molecule has 0 aliphatic heterocycles. The average Bonchev–Trinajstić information content (AvgIpc) is 2.61. The van der Waals surface area contributed by atoms with E-state index in [0.717, 1.165) is 0 Å². The fourth-order valence-electron chi connectivity index (χ4n) is 0.680. The van der Waals surface area contributed by atoms with Crippen LogP contribution < -0.4 is 0 Å². The second-order valence-corrected chi connectivity index (χ2v) is 3.81. The Hall–Kier alpha value is -2.60. The summed E-state index contributed by atoms with van der Waals surface area (Å²) in [5.74, 6) is 0. The van der Waals surface area contributed by atoms with Crippen molar-refractivity contribution in [2.75, 3.05) is 0 Å². The maximum Gasteiger partial charge on any atom is -0.0467 e. The zero-order valence-corrected chi connectivity index (χ0v) is 17.2. The van der Waals surface area contributed by atoms with Gasteiger partial charge in [0.15, 0.2) is 0 Å². The SMILES string of the molecule is C.C=CC=CC.C=CC=CC.C=CC=CC.C=CC=CC.C=CC=CC. The monoisotopic (exact) mass is 356 g/mol. The van der Waals surface area contributed by atoms with Crippen molar-refractivity contribution in [3.05, 3.63) is 124 Å². The smallest absolute Gasteiger partial charge is 0.0467 e. The lowest BCUT2D eigenvalue weighted by Gasteiger charge is -1.56. The van der Waals surface area contributed by atoms with Crippen LogP contribution in [0.5, 0.6) is 0 Å². The van der Waals surface area contributed by atoms with Crippen molar-refractivity contribution >= 4 is 0 Å². The van der Waals surface area contributed by atoms with Crippen LogP contribution in [-0.2, 0) is 0 Å². The topological polar surface area (TPSA) is 0 Å². The summed E-state index contributed by atoms with van der Waals surface area (Å²) in [5, 5.41) is 0. The standard InChI is InChI=1S/5C5H8.CH4/c5*1-3-5-4-2;/h5*3-5H,1H2,2H3;1H4. The molecule has 0 amide bonds. The molecule has 0 N–H and O–H groups in total.